The molecule has 0 spiro atoms. The molecule has 0 saturated heterocycles. The number of benzene rings is 3. The molecule has 3 aromatic carbocycles. The van der Waals surface area contributed by atoms with Crippen LogP contribution in [0.15, 0.2) is 60.7 Å². The van der Waals surface area contributed by atoms with Gasteiger partial charge in [0.1, 0.15) is 12.4 Å². The van der Waals surface area contributed by atoms with Gasteiger partial charge in [0.2, 0.25) is 0 Å². The second-order valence-corrected chi connectivity index (χ2v) is 9.18. The van der Waals surface area contributed by atoms with E-state index in [1.54, 1.807) is 45.4 Å². The molecule has 0 amide bonds. The van der Waals surface area contributed by atoms with Gasteiger partial charge in [-0.05, 0) is 91.3 Å². The molecular weight excluding hydrogens is 512 g/mol. The Hall–Kier alpha value is -3.49. The highest BCUT2D eigenvalue weighted by Gasteiger charge is 2.31. The average Bonchev–Trinajstić information content (AvgIpc) is 2.91. The van der Waals surface area contributed by atoms with Crippen LogP contribution in [0.1, 0.15) is 34.5 Å². The third-order valence-electron chi connectivity index (χ3n) is 6.11. The molecule has 7 nitrogen and oxygen atoms in total. The van der Waals surface area contributed by atoms with Gasteiger partial charge in [-0.3, -0.25) is 0 Å². The van der Waals surface area contributed by atoms with Gasteiger partial charge in [-0.2, -0.15) is 0 Å². The molecule has 1 unspecified atom stereocenters. The number of hydrogen-bond donors (Lipinski definition) is 1. The fourth-order valence-electron chi connectivity index (χ4n) is 4.29. The predicted octanol–water partition coefficient (Wildman–Crippen LogP) is 5.91. The van der Waals surface area contributed by atoms with E-state index in [0.29, 0.717) is 52.7 Å². The first-order valence-corrected chi connectivity index (χ1v) is 12.7. The summed E-state index contributed by atoms with van der Waals surface area (Å²) in [5.74, 6) is 1.60. The largest absolute Gasteiger partial charge is 0.493 e. The second kappa shape index (κ2) is 12.2. The minimum absolute atomic E-state index is 0.201. The maximum absolute atomic E-state index is 12.0. The molecule has 1 N–H and O–H groups in total. The number of halogens is 1. The molecule has 9 heteroatoms. The lowest BCUT2D eigenvalue weighted by Gasteiger charge is -2.39. The molecule has 0 radical (unpaired) electrons. The Bertz CT molecular complexity index is 1270. The number of anilines is 1. The number of carbonyl (C=O) groups is 1. The fraction of sp³-hybridized carbons (Fsp3) is 0.286. The molecule has 0 bridgehead atoms. The first-order chi connectivity index (χ1) is 17.9. The van der Waals surface area contributed by atoms with Crippen molar-refractivity contribution in [2.45, 2.75) is 19.4 Å². The van der Waals surface area contributed by atoms with Gasteiger partial charge >= 0.3 is 5.97 Å². The van der Waals surface area contributed by atoms with Gasteiger partial charge in [-0.15, -0.1) is 0 Å². The van der Waals surface area contributed by atoms with E-state index in [9.17, 15) is 4.79 Å². The molecule has 0 saturated carbocycles. The van der Waals surface area contributed by atoms with Crippen molar-refractivity contribution >= 4 is 40.6 Å². The number of esters is 1. The summed E-state index contributed by atoms with van der Waals surface area (Å²) in [6.07, 6.45) is 0.776. The van der Waals surface area contributed by atoms with Gasteiger partial charge in [-0.1, -0.05) is 17.7 Å². The van der Waals surface area contributed by atoms with Crippen LogP contribution < -0.4 is 19.5 Å². The molecule has 0 aromatic heterocycles. The van der Waals surface area contributed by atoms with Crippen molar-refractivity contribution in [3.05, 3.63) is 82.4 Å². The molecule has 1 atom stereocenters. The van der Waals surface area contributed by atoms with Crippen molar-refractivity contribution in [3.8, 4) is 17.2 Å². The Labute approximate surface area is 227 Å². The number of rotatable bonds is 8. The Morgan fingerprint density at radius 2 is 1.81 bits per heavy atom. The Morgan fingerprint density at radius 3 is 2.49 bits per heavy atom. The Morgan fingerprint density at radius 1 is 1.08 bits per heavy atom. The van der Waals surface area contributed by atoms with Crippen LogP contribution in [-0.2, 0) is 11.2 Å². The number of hydrogen-bond acceptors (Lipinski definition) is 6. The van der Waals surface area contributed by atoms with Gasteiger partial charge in [0, 0.05) is 17.3 Å². The zero-order valence-corrected chi connectivity index (χ0v) is 22.5. The van der Waals surface area contributed by atoms with Crippen molar-refractivity contribution in [3.63, 3.8) is 0 Å². The van der Waals surface area contributed by atoms with Crippen LogP contribution in [0.5, 0.6) is 17.2 Å². The predicted molar refractivity (Wildman–Crippen MR) is 148 cm³/mol. The van der Waals surface area contributed by atoms with Crippen molar-refractivity contribution in [2.75, 3.05) is 39.3 Å². The summed E-state index contributed by atoms with van der Waals surface area (Å²) in [5.41, 5.74) is 3.47. The van der Waals surface area contributed by atoms with Crippen molar-refractivity contribution in [1.82, 2.24) is 4.90 Å². The zero-order valence-electron chi connectivity index (χ0n) is 21.0. The van der Waals surface area contributed by atoms with E-state index in [-0.39, 0.29) is 12.0 Å². The van der Waals surface area contributed by atoms with Crippen LogP contribution in [0, 0.1) is 0 Å². The minimum atomic E-state index is -0.361. The second-order valence-electron chi connectivity index (χ2n) is 8.36. The SMILES string of the molecule is CCOC(=O)c1ccc(OCC2c3cc(OC)c(OC)cc3CCN2C(=S)Nc2cccc(Cl)c2)cc1. The topological polar surface area (TPSA) is 69.3 Å². The number of nitrogens with zero attached hydrogens (tertiary/aromatic N) is 1. The van der Waals surface area contributed by atoms with E-state index < -0.39 is 0 Å². The molecule has 1 heterocycles. The fourth-order valence-corrected chi connectivity index (χ4v) is 4.82. The number of methoxy groups -OCH3 is 2. The van der Waals surface area contributed by atoms with Crippen LogP contribution in [0.2, 0.25) is 5.02 Å². The quantitative estimate of drug-likeness (QED) is 0.279. The summed E-state index contributed by atoms with van der Waals surface area (Å²) in [5, 5.41) is 4.49. The third-order valence-corrected chi connectivity index (χ3v) is 6.68. The highest BCUT2D eigenvalue weighted by Crippen LogP contribution is 2.38. The van der Waals surface area contributed by atoms with E-state index in [2.05, 4.69) is 10.2 Å². The van der Waals surface area contributed by atoms with Crippen molar-refractivity contribution < 1.29 is 23.7 Å². The lowest BCUT2D eigenvalue weighted by atomic mass is 9.92. The smallest absolute Gasteiger partial charge is 0.338 e. The maximum atomic E-state index is 12.0. The lowest BCUT2D eigenvalue weighted by molar-refractivity contribution is 0.0526. The van der Waals surface area contributed by atoms with Gasteiger partial charge in [0.05, 0.1) is 32.4 Å². The minimum Gasteiger partial charge on any atom is -0.493 e. The van der Waals surface area contributed by atoms with E-state index in [1.165, 1.54) is 0 Å². The molecule has 37 heavy (non-hydrogen) atoms. The number of fused-ring (bicyclic) bond motifs is 1. The highest BCUT2D eigenvalue weighted by molar-refractivity contribution is 7.80. The standard InChI is InChI=1S/C28H29ClN2O5S/c1-4-35-27(32)18-8-10-22(11-9-18)36-17-24-23-16-26(34-3)25(33-2)14-19(23)12-13-31(24)28(37)30-21-7-5-6-20(29)15-21/h5-11,14-16,24H,4,12-13,17H2,1-3H3,(H,30,37). The summed E-state index contributed by atoms with van der Waals surface area (Å²) in [7, 11) is 3.25. The summed E-state index contributed by atoms with van der Waals surface area (Å²) in [6, 6.07) is 18.1. The summed E-state index contributed by atoms with van der Waals surface area (Å²) in [6.45, 7) is 3.11. The van der Waals surface area contributed by atoms with E-state index >= 15 is 0 Å². The van der Waals surface area contributed by atoms with Gasteiger partial charge < -0.3 is 29.2 Å². The zero-order chi connectivity index (χ0) is 26.4. The van der Waals surface area contributed by atoms with Gasteiger partial charge in [0.25, 0.3) is 0 Å². The number of ether oxygens (including phenoxy) is 4. The number of carbonyl (C=O) groups excluding carboxylic acids is 1. The van der Waals surface area contributed by atoms with E-state index in [0.717, 1.165) is 23.2 Å². The molecule has 1 aliphatic heterocycles. The number of thiocarbonyl (C=S) groups is 1. The van der Waals surface area contributed by atoms with E-state index in [4.69, 9.17) is 42.8 Å². The Kier molecular flexibility index (Phi) is 8.74. The van der Waals surface area contributed by atoms with Crippen LogP contribution in [0.4, 0.5) is 5.69 Å². The van der Waals surface area contributed by atoms with Gasteiger partial charge in [-0.25, -0.2) is 4.79 Å². The van der Waals surface area contributed by atoms with E-state index in [1.807, 2.05) is 36.4 Å². The monoisotopic (exact) mass is 540 g/mol. The molecule has 194 valence electrons. The molecule has 1 aliphatic rings. The normalized spacial score (nSPS) is 14.4. The van der Waals surface area contributed by atoms with Crippen LogP contribution in [0.3, 0.4) is 0 Å². The third kappa shape index (κ3) is 6.26. The molecular formula is C28H29ClN2O5S. The molecule has 3 aromatic rings. The summed E-state index contributed by atoms with van der Waals surface area (Å²) >= 11 is 12.0. The average molecular weight is 541 g/mol. The number of nitrogens with one attached hydrogen (secondary N) is 1. The Balaban J connectivity index is 1.60. The highest BCUT2D eigenvalue weighted by atomic mass is 35.5. The lowest BCUT2D eigenvalue weighted by Crippen LogP contribution is -2.44. The first-order valence-electron chi connectivity index (χ1n) is 11.9. The maximum Gasteiger partial charge on any atom is 0.338 e. The molecule has 0 aliphatic carbocycles. The van der Waals surface area contributed by atoms with Crippen molar-refractivity contribution in [2.24, 2.45) is 0 Å². The molecule has 4 rings (SSSR count). The summed E-state index contributed by atoms with van der Waals surface area (Å²) < 4.78 is 22.4. The van der Waals surface area contributed by atoms with Crippen LogP contribution in [-0.4, -0.2) is 50.0 Å². The molecule has 0 fully saturated rings. The van der Waals surface area contributed by atoms with Crippen LogP contribution >= 0.6 is 23.8 Å². The van der Waals surface area contributed by atoms with Crippen LogP contribution in [0.25, 0.3) is 0 Å². The van der Waals surface area contributed by atoms with Crippen molar-refractivity contribution in [1.29, 1.82) is 0 Å². The first kappa shape index (κ1) is 26.6. The summed E-state index contributed by atoms with van der Waals surface area (Å²) in [4.78, 5) is 14.1. The van der Waals surface area contributed by atoms with Gasteiger partial charge in [0.15, 0.2) is 16.6 Å².